The predicted octanol–water partition coefficient (Wildman–Crippen LogP) is 1.52. The van der Waals surface area contributed by atoms with Gasteiger partial charge in [0.1, 0.15) is 0 Å². The van der Waals surface area contributed by atoms with Crippen LogP contribution in [0.25, 0.3) is 0 Å². The molecular weight excluding hydrogens is 252 g/mol. The number of nitrogens with one attached hydrogen (secondary N) is 2. The molecule has 0 saturated heterocycles. The summed E-state index contributed by atoms with van der Waals surface area (Å²) in [5.74, 6) is 0.846. The summed E-state index contributed by atoms with van der Waals surface area (Å²) in [6, 6.07) is 2.07. The highest BCUT2D eigenvalue weighted by atomic mass is 16.5. The van der Waals surface area contributed by atoms with Gasteiger partial charge < -0.3 is 15.4 Å². The summed E-state index contributed by atoms with van der Waals surface area (Å²) in [7, 11) is 0. The van der Waals surface area contributed by atoms with Crippen LogP contribution in [0.15, 0.2) is 23.5 Å². The van der Waals surface area contributed by atoms with Crippen molar-refractivity contribution in [3.05, 3.63) is 29.6 Å². The summed E-state index contributed by atoms with van der Waals surface area (Å²) >= 11 is 0. The molecule has 0 amide bonds. The molecule has 0 aliphatic rings. The van der Waals surface area contributed by atoms with Gasteiger partial charge in [0.05, 0.1) is 13.2 Å². The van der Waals surface area contributed by atoms with E-state index in [4.69, 9.17) is 4.74 Å². The minimum atomic E-state index is 0.663. The first kappa shape index (κ1) is 16.4. The number of rotatable bonds is 8. The summed E-state index contributed by atoms with van der Waals surface area (Å²) in [6.45, 7) is 9.93. The fourth-order valence-electron chi connectivity index (χ4n) is 1.81. The molecule has 112 valence electrons. The van der Waals surface area contributed by atoms with Gasteiger partial charge in [0.2, 0.25) is 0 Å². The van der Waals surface area contributed by atoms with E-state index in [9.17, 15) is 0 Å². The van der Waals surface area contributed by atoms with Crippen LogP contribution in [0.4, 0.5) is 0 Å². The molecule has 5 heteroatoms. The molecule has 0 aromatic carbocycles. The molecule has 2 N–H and O–H groups in total. The van der Waals surface area contributed by atoms with Crippen LogP contribution in [0.5, 0.6) is 0 Å². The molecule has 1 aromatic heterocycles. The second kappa shape index (κ2) is 10.2. The summed E-state index contributed by atoms with van der Waals surface area (Å²) in [4.78, 5) is 8.57. The molecule has 0 saturated carbocycles. The van der Waals surface area contributed by atoms with Gasteiger partial charge in [-0.3, -0.25) is 9.98 Å². The van der Waals surface area contributed by atoms with Crippen molar-refractivity contribution < 1.29 is 4.74 Å². The number of hydrogen-bond acceptors (Lipinski definition) is 3. The molecule has 0 bridgehead atoms. The normalized spacial score (nSPS) is 11.4. The van der Waals surface area contributed by atoms with Crippen molar-refractivity contribution in [2.75, 3.05) is 32.8 Å². The lowest BCUT2D eigenvalue weighted by atomic mass is 10.1. The van der Waals surface area contributed by atoms with Gasteiger partial charge in [-0.2, -0.15) is 0 Å². The van der Waals surface area contributed by atoms with Gasteiger partial charge in [-0.05, 0) is 44.4 Å². The second-order valence-electron chi connectivity index (χ2n) is 4.44. The van der Waals surface area contributed by atoms with Crippen LogP contribution < -0.4 is 10.6 Å². The SMILES string of the molecule is CCNC(=NCCOCC)NCCc1ccncc1C. The maximum Gasteiger partial charge on any atom is 0.191 e. The quantitative estimate of drug-likeness (QED) is 0.430. The van der Waals surface area contributed by atoms with Gasteiger partial charge in [-0.1, -0.05) is 0 Å². The Bertz CT molecular complexity index is 407. The highest BCUT2D eigenvalue weighted by molar-refractivity contribution is 5.79. The molecule has 1 heterocycles. The van der Waals surface area contributed by atoms with Crippen LogP contribution in [0.1, 0.15) is 25.0 Å². The van der Waals surface area contributed by atoms with Crippen LogP contribution in [0.2, 0.25) is 0 Å². The molecule has 5 nitrogen and oxygen atoms in total. The number of hydrogen-bond donors (Lipinski definition) is 2. The van der Waals surface area contributed by atoms with Crippen LogP contribution in [-0.4, -0.2) is 43.8 Å². The van der Waals surface area contributed by atoms with E-state index < -0.39 is 0 Å². The third-order valence-corrected chi connectivity index (χ3v) is 2.88. The Hall–Kier alpha value is -1.62. The van der Waals surface area contributed by atoms with Crippen LogP contribution >= 0.6 is 0 Å². The summed E-state index contributed by atoms with van der Waals surface area (Å²) in [5, 5.41) is 6.57. The number of pyridine rings is 1. The number of aliphatic imine (C=N–C) groups is 1. The molecule has 0 atom stereocenters. The number of aromatic nitrogens is 1. The molecule has 0 aliphatic carbocycles. The van der Waals surface area contributed by atoms with Crippen LogP contribution in [-0.2, 0) is 11.2 Å². The van der Waals surface area contributed by atoms with E-state index in [0.717, 1.165) is 32.1 Å². The first-order chi connectivity index (χ1) is 9.77. The molecule has 0 aliphatic heterocycles. The standard InChI is InChI=1S/C15H26N4O/c1-4-17-15(19-10-11-20-5-2)18-9-7-14-6-8-16-12-13(14)3/h6,8,12H,4-5,7,9-11H2,1-3H3,(H2,17,18,19). The number of nitrogens with zero attached hydrogens (tertiary/aromatic N) is 2. The molecule has 0 spiro atoms. The van der Waals surface area contributed by atoms with Gasteiger partial charge in [0, 0.05) is 32.1 Å². The highest BCUT2D eigenvalue weighted by Gasteiger charge is 1.99. The van der Waals surface area contributed by atoms with E-state index in [1.165, 1.54) is 11.1 Å². The van der Waals surface area contributed by atoms with Gasteiger partial charge >= 0.3 is 0 Å². The van der Waals surface area contributed by atoms with Crippen molar-refractivity contribution in [3.63, 3.8) is 0 Å². The number of ether oxygens (including phenoxy) is 1. The second-order valence-corrected chi connectivity index (χ2v) is 4.44. The Morgan fingerprint density at radius 2 is 2.20 bits per heavy atom. The topological polar surface area (TPSA) is 58.5 Å². The molecule has 20 heavy (non-hydrogen) atoms. The Morgan fingerprint density at radius 1 is 1.35 bits per heavy atom. The van der Waals surface area contributed by atoms with Crippen molar-refractivity contribution in [1.29, 1.82) is 0 Å². The first-order valence-corrected chi connectivity index (χ1v) is 7.27. The fraction of sp³-hybridized carbons (Fsp3) is 0.600. The Labute approximate surface area is 121 Å². The van der Waals surface area contributed by atoms with Crippen LogP contribution in [0.3, 0.4) is 0 Å². The zero-order valence-corrected chi connectivity index (χ0v) is 12.8. The first-order valence-electron chi connectivity index (χ1n) is 7.27. The Balaban J connectivity index is 2.36. The summed E-state index contributed by atoms with van der Waals surface area (Å²) < 4.78 is 5.28. The zero-order chi connectivity index (χ0) is 14.6. The lowest BCUT2D eigenvalue weighted by molar-refractivity contribution is 0.155. The van der Waals surface area contributed by atoms with E-state index in [1.807, 2.05) is 19.3 Å². The summed E-state index contributed by atoms with van der Waals surface area (Å²) in [6.07, 6.45) is 4.70. The zero-order valence-electron chi connectivity index (χ0n) is 12.8. The summed E-state index contributed by atoms with van der Waals surface area (Å²) in [5.41, 5.74) is 2.55. The molecular formula is C15H26N4O. The Morgan fingerprint density at radius 3 is 2.90 bits per heavy atom. The van der Waals surface area contributed by atoms with Crippen molar-refractivity contribution in [3.8, 4) is 0 Å². The van der Waals surface area contributed by atoms with Crippen LogP contribution in [0, 0.1) is 6.92 Å². The van der Waals surface area contributed by atoms with E-state index in [1.54, 1.807) is 0 Å². The molecule has 0 unspecified atom stereocenters. The highest BCUT2D eigenvalue weighted by Crippen LogP contribution is 2.04. The minimum Gasteiger partial charge on any atom is -0.380 e. The van der Waals surface area contributed by atoms with E-state index >= 15 is 0 Å². The van der Waals surface area contributed by atoms with Crippen molar-refractivity contribution in [1.82, 2.24) is 15.6 Å². The third kappa shape index (κ3) is 6.52. The molecule has 0 radical (unpaired) electrons. The fourth-order valence-corrected chi connectivity index (χ4v) is 1.81. The largest absolute Gasteiger partial charge is 0.380 e. The average Bonchev–Trinajstić information content (AvgIpc) is 2.45. The van der Waals surface area contributed by atoms with Crippen molar-refractivity contribution in [2.24, 2.45) is 4.99 Å². The maximum atomic E-state index is 5.28. The number of guanidine groups is 1. The monoisotopic (exact) mass is 278 g/mol. The smallest absolute Gasteiger partial charge is 0.191 e. The predicted molar refractivity (Wildman–Crippen MR) is 83.2 cm³/mol. The van der Waals surface area contributed by atoms with E-state index in [2.05, 4.69) is 40.5 Å². The lowest BCUT2D eigenvalue weighted by Gasteiger charge is -2.12. The van der Waals surface area contributed by atoms with E-state index in [-0.39, 0.29) is 0 Å². The Kier molecular flexibility index (Phi) is 8.38. The molecule has 1 aromatic rings. The third-order valence-electron chi connectivity index (χ3n) is 2.88. The maximum absolute atomic E-state index is 5.28. The van der Waals surface area contributed by atoms with Gasteiger partial charge in [0.25, 0.3) is 0 Å². The van der Waals surface area contributed by atoms with Gasteiger partial charge in [0.15, 0.2) is 5.96 Å². The average molecular weight is 278 g/mol. The van der Waals surface area contributed by atoms with E-state index in [0.29, 0.717) is 13.2 Å². The van der Waals surface area contributed by atoms with Crippen molar-refractivity contribution in [2.45, 2.75) is 27.2 Å². The van der Waals surface area contributed by atoms with Gasteiger partial charge in [-0.15, -0.1) is 0 Å². The lowest BCUT2D eigenvalue weighted by Crippen LogP contribution is -2.38. The number of aryl methyl sites for hydroxylation is 1. The molecule has 1 rings (SSSR count). The van der Waals surface area contributed by atoms with Gasteiger partial charge in [-0.25, -0.2) is 0 Å². The minimum absolute atomic E-state index is 0.663. The van der Waals surface area contributed by atoms with Crippen molar-refractivity contribution >= 4 is 5.96 Å². The molecule has 0 fully saturated rings.